The SMILES string of the molecule is CC(C)(C)OC(=O)NOCCNC(=O)OCc1ccccc1. The summed E-state index contributed by atoms with van der Waals surface area (Å²) in [5.41, 5.74) is 2.43. The maximum absolute atomic E-state index is 11.4. The summed E-state index contributed by atoms with van der Waals surface area (Å²) in [5, 5.41) is 2.50. The Bertz CT molecular complexity index is 471. The molecule has 0 bridgehead atoms. The number of benzene rings is 1. The number of carbonyl (C=O) groups excluding carboxylic acids is 2. The molecule has 7 nitrogen and oxygen atoms in total. The van der Waals surface area contributed by atoms with Gasteiger partial charge in [-0.2, -0.15) is 5.48 Å². The highest BCUT2D eigenvalue weighted by Gasteiger charge is 2.15. The summed E-state index contributed by atoms with van der Waals surface area (Å²) in [6.45, 7) is 5.73. The Morgan fingerprint density at radius 3 is 2.41 bits per heavy atom. The maximum Gasteiger partial charge on any atom is 0.431 e. The number of nitrogens with one attached hydrogen (secondary N) is 2. The summed E-state index contributed by atoms with van der Waals surface area (Å²) >= 11 is 0. The zero-order valence-corrected chi connectivity index (χ0v) is 13.0. The van der Waals surface area contributed by atoms with Crippen molar-refractivity contribution in [3.63, 3.8) is 0 Å². The van der Waals surface area contributed by atoms with Crippen molar-refractivity contribution in [1.82, 2.24) is 10.8 Å². The lowest BCUT2D eigenvalue weighted by Gasteiger charge is -2.19. The van der Waals surface area contributed by atoms with E-state index >= 15 is 0 Å². The summed E-state index contributed by atoms with van der Waals surface area (Å²) in [6, 6.07) is 9.35. The molecule has 2 N–H and O–H groups in total. The minimum absolute atomic E-state index is 0.0969. The molecule has 0 spiro atoms. The molecule has 22 heavy (non-hydrogen) atoms. The maximum atomic E-state index is 11.4. The molecule has 1 aromatic rings. The third-order valence-electron chi connectivity index (χ3n) is 2.24. The van der Waals surface area contributed by atoms with E-state index in [4.69, 9.17) is 14.3 Å². The van der Waals surface area contributed by atoms with Gasteiger partial charge in [-0.25, -0.2) is 9.59 Å². The average molecular weight is 310 g/mol. The largest absolute Gasteiger partial charge is 0.445 e. The fraction of sp³-hybridized carbons (Fsp3) is 0.467. The lowest BCUT2D eigenvalue weighted by molar-refractivity contribution is -0.00666. The van der Waals surface area contributed by atoms with Gasteiger partial charge in [-0.15, -0.1) is 0 Å². The highest BCUT2D eigenvalue weighted by Crippen LogP contribution is 2.06. The van der Waals surface area contributed by atoms with Gasteiger partial charge in [-0.3, -0.25) is 4.84 Å². The normalized spacial score (nSPS) is 10.7. The molecule has 2 amide bonds. The van der Waals surface area contributed by atoms with E-state index in [1.807, 2.05) is 30.3 Å². The van der Waals surface area contributed by atoms with Crippen LogP contribution >= 0.6 is 0 Å². The van der Waals surface area contributed by atoms with Crippen molar-refractivity contribution in [2.75, 3.05) is 13.2 Å². The first-order chi connectivity index (χ1) is 10.4. The van der Waals surface area contributed by atoms with Crippen LogP contribution in [0.1, 0.15) is 26.3 Å². The van der Waals surface area contributed by atoms with Gasteiger partial charge >= 0.3 is 12.2 Å². The summed E-state index contributed by atoms with van der Waals surface area (Å²) in [6.07, 6.45) is -1.23. The Labute approximate surface area is 129 Å². The second-order valence-electron chi connectivity index (χ2n) is 5.44. The van der Waals surface area contributed by atoms with Crippen molar-refractivity contribution >= 4 is 12.2 Å². The van der Waals surface area contributed by atoms with Gasteiger partial charge in [0.25, 0.3) is 0 Å². The first-order valence-corrected chi connectivity index (χ1v) is 6.92. The van der Waals surface area contributed by atoms with Crippen LogP contribution in [0, 0.1) is 0 Å². The molecule has 0 atom stereocenters. The Morgan fingerprint density at radius 2 is 1.77 bits per heavy atom. The van der Waals surface area contributed by atoms with Crippen LogP contribution < -0.4 is 10.8 Å². The summed E-state index contributed by atoms with van der Waals surface area (Å²) in [5.74, 6) is 0. The fourth-order valence-electron chi connectivity index (χ4n) is 1.39. The molecule has 0 saturated heterocycles. The molecule has 7 heteroatoms. The molecule has 0 aliphatic heterocycles. The van der Waals surface area contributed by atoms with E-state index in [0.29, 0.717) is 0 Å². The van der Waals surface area contributed by atoms with Crippen LogP contribution in [-0.2, 0) is 20.9 Å². The van der Waals surface area contributed by atoms with Gasteiger partial charge in [-0.1, -0.05) is 30.3 Å². The Balaban J connectivity index is 2.04. The van der Waals surface area contributed by atoms with Gasteiger partial charge in [-0.05, 0) is 26.3 Å². The number of hydrogen-bond acceptors (Lipinski definition) is 5. The lowest BCUT2D eigenvalue weighted by atomic mass is 10.2. The molecule has 1 rings (SSSR count). The molecule has 0 aromatic heterocycles. The van der Waals surface area contributed by atoms with Crippen LogP contribution in [0.5, 0.6) is 0 Å². The molecular weight excluding hydrogens is 288 g/mol. The summed E-state index contributed by atoms with van der Waals surface area (Å²) in [4.78, 5) is 27.5. The number of alkyl carbamates (subject to hydrolysis) is 1. The van der Waals surface area contributed by atoms with Crippen LogP contribution in [0.4, 0.5) is 9.59 Å². The van der Waals surface area contributed by atoms with Gasteiger partial charge in [0.2, 0.25) is 0 Å². The lowest BCUT2D eigenvalue weighted by Crippen LogP contribution is -2.35. The molecule has 1 aromatic carbocycles. The van der Waals surface area contributed by atoms with Gasteiger partial charge in [0, 0.05) is 6.54 Å². The molecule has 0 aliphatic carbocycles. The van der Waals surface area contributed by atoms with E-state index in [1.54, 1.807) is 20.8 Å². The van der Waals surface area contributed by atoms with Gasteiger partial charge < -0.3 is 14.8 Å². The number of hydrogen-bond donors (Lipinski definition) is 2. The molecule has 0 aliphatic rings. The van der Waals surface area contributed by atoms with Crippen molar-refractivity contribution < 1.29 is 23.9 Å². The Hall–Kier alpha value is -2.28. The first kappa shape index (κ1) is 17.8. The van der Waals surface area contributed by atoms with E-state index < -0.39 is 17.8 Å². The van der Waals surface area contributed by atoms with E-state index in [1.165, 1.54) is 0 Å². The molecule has 0 fully saturated rings. The molecular formula is C15H22N2O5. The molecule has 0 saturated carbocycles. The number of rotatable bonds is 6. The van der Waals surface area contributed by atoms with Crippen LogP contribution in [0.25, 0.3) is 0 Å². The standard InChI is InChI=1S/C15H22N2O5/c1-15(2,3)22-14(19)17-21-10-9-16-13(18)20-11-12-7-5-4-6-8-12/h4-8H,9-11H2,1-3H3,(H,16,18)(H,17,19). The highest BCUT2D eigenvalue weighted by molar-refractivity contribution is 5.67. The predicted octanol–water partition coefficient (Wildman–Crippen LogP) is 2.37. The number of amides is 2. The summed E-state index contributed by atoms with van der Waals surface area (Å²) < 4.78 is 9.97. The third-order valence-corrected chi connectivity index (χ3v) is 2.24. The third kappa shape index (κ3) is 8.80. The molecule has 122 valence electrons. The zero-order valence-electron chi connectivity index (χ0n) is 13.0. The van der Waals surface area contributed by atoms with Crippen molar-refractivity contribution in [3.05, 3.63) is 35.9 Å². The molecule has 0 heterocycles. The monoisotopic (exact) mass is 310 g/mol. The van der Waals surface area contributed by atoms with Gasteiger partial charge in [0.1, 0.15) is 12.2 Å². The Morgan fingerprint density at radius 1 is 1.09 bits per heavy atom. The van der Waals surface area contributed by atoms with Crippen molar-refractivity contribution in [2.45, 2.75) is 33.0 Å². The fourth-order valence-corrected chi connectivity index (χ4v) is 1.39. The summed E-state index contributed by atoms with van der Waals surface area (Å²) in [7, 11) is 0. The van der Waals surface area contributed by atoms with Crippen LogP contribution in [0.3, 0.4) is 0 Å². The van der Waals surface area contributed by atoms with Gasteiger partial charge in [0.05, 0.1) is 6.61 Å². The minimum Gasteiger partial charge on any atom is -0.445 e. The average Bonchev–Trinajstić information content (AvgIpc) is 2.44. The highest BCUT2D eigenvalue weighted by atomic mass is 16.7. The Kier molecular flexibility index (Phi) is 7.18. The zero-order chi connectivity index (χ0) is 16.4. The molecule has 0 unspecified atom stereocenters. The number of carbonyl (C=O) groups is 2. The van der Waals surface area contributed by atoms with Crippen molar-refractivity contribution in [2.24, 2.45) is 0 Å². The minimum atomic E-state index is -0.681. The number of ether oxygens (including phenoxy) is 2. The predicted molar refractivity (Wildman–Crippen MR) is 80.0 cm³/mol. The van der Waals surface area contributed by atoms with E-state index in [-0.39, 0.29) is 19.8 Å². The number of hydroxylamine groups is 1. The second kappa shape index (κ2) is 8.89. The quantitative estimate of drug-likeness (QED) is 0.622. The smallest absolute Gasteiger partial charge is 0.431 e. The topological polar surface area (TPSA) is 85.9 Å². The van der Waals surface area contributed by atoms with Crippen molar-refractivity contribution in [3.8, 4) is 0 Å². The first-order valence-electron chi connectivity index (χ1n) is 6.92. The van der Waals surface area contributed by atoms with E-state index in [9.17, 15) is 9.59 Å². The van der Waals surface area contributed by atoms with Crippen LogP contribution in [-0.4, -0.2) is 30.9 Å². The van der Waals surface area contributed by atoms with Gasteiger partial charge in [0.15, 0.2) is 0 Å². The second-order valence-corrected chi connectivity index (χ2v) is 5.44. The molecule has 0 radical (unpaired) electrons. The van der Waals surface area contributed by atoms with Crippen molar-refractivity contribution in [1.29, 1.82) is 0 Å². The van der Waals surface area contributed by atoms with Crippen LogP contribution in [0.2, 0.25) is 0 Å². The van der Waals surface area contributed by atoms with E-state index in [0.717, 1.165) is 5.56 Å². The van der Waals surface area contributed by atoms with Crippen LogP contribution in [0.15, 0.2) is 30.3 Å². The van der Waals surface area contributed by atoms with E-state index in [2.05, 4.69) is 10.8 Å².